The van der Waals surface area contributed by atoms with Gasteiger partial charge in [0.25, 0.3) is 0 Å². The lowest BCUT2D eigenvalue weighted by atomic mass is 10.0. The molecule has 124 valence electrons. The van der Waals surface area contributed by atoms with E-state index in [2.05, 4.69) is 4.98 Å². The summed E-state index contributed by atoms with van der Waals surface area (Å²) in [6, 6.07) is 3.41. The minimum atomic E-state index is -0.689. The smallest absolute Gasteiger partial charge is 0.186 e. The number of benzene rings is 1. The highest BCUT2D eigenvalue weighted by Gasteiger charge is 2.35. The zero-order chi connectivity index (χ0) is 16.3. The Labute approximate surface area is 150 Å². The van der Waals surface area contributed by atoms with Crippen LogP contribution in [-0.2, 0) is 22.4 Å². The van der Waals surface area contributed by atoms with Gasteiger partial charge in [0.2, 0.25) is 0 Å². The average Bonchev–Trinajstić information content (AvgIpc) is 2.99. The van der Waals surface area contributed by atoms with Gasteiger partial charge in [-0.15, -0.1) is 0 Å². The summed E-state index contributed by atoms with van der Waals surface area (Å²) in [5.41, 5.74) is 0.862. The summed E-state index contributed by atoms with van der Waals surface area (Å²) in [5.74, 6) is -0.689. The molecule has 0 bridgehead atoms. The molecule has 1 aliphatic rings. The number of hydrogen-bond acceptors (Lipinski definition) is 3. The lowest BCUT2D eigenvalue weighted by Crippen LogP contribution is -2.44. The van der Waals surface area contributed by atoms with Gasteiger partial charge in [0.15, 0.2) is 5.79 Å². The predicted molar refractivity (Wildman–Crippen MR) is 91.3 cm³/mol. The fraction of sp³-hybridized carbons (Fsp3) is 0.438. The quantitative estimate of drug-likeness (QED) is 0.765. The molecule has 1 saturated heterocycles. The molecule has 2 aromatic rings. The summed E-state index contributed by atoms with van der Waals surface area (Å²) in [6.07, 6.45) is 7.57. The van der Waals surface area contributed by atoms with Crippen LogP contribution in [0.1, 0.15) is 18.4 Å². The molecule has 23 heavy (non-hydrogen) atoms. The Morgan fingerprint density at radius 1 is 1.13 bits per heavy atom. The second-order valence-corrected chi connectivity index (χ2v) is 6.80. The zero-order valence-electron chi connectivity index (χ0n) is 12.5. The van der Waals surface area contributed by atoms with Gasteiger partial charge in [-0.05, 0) is 30.5 Å². The van der Waals surface area contributed by atoms with Crippen molar-refractivity contribution < 1.29 is 9.47 Å². The molecular weight excluding hydrogens is 359 g/mol. The molecule has 0 amide bonds. The van der Waals surface area contributed by atoms with E-state index in [0.29, 0.717) is 47.7 Å². The SMILES string of the molecule is Clc1cc(Cl)c(CCC2(Cn3ccnc3)OCCCO2)c(Cl)c1. The number of nitrogens with zero attached hydrogens (tertiary/aromatic N) is 2. The lowest BCUT2D eigenvalue weighted by Gasteiger charge is -2.37. The number of imidazole rings is 1. The summed E-state index contributed by atoms with van der Waals surface area (Å²) in [6.45, 7) is 1.93. The van der Waals surface area contributed by atoms with Gasteiger partial charge in [-0.2, -0.15) is 0 Å². The Morgan fingerprint density at radius 2 is 1.83 bits per heavy atom. The molecule has 1 aromatic heterocycles. The maximum atomic E-state index is 6.27. The maximum Gasteiger partial charge on any atom is 0.186 e. The zero-order valence-corrected chi connectivity index (χ0v) is 14.7. The van der Waals surface area contributed by atoms with Gasteiger partial charge in [0.05, 0.1) is 26.1 Å². The molecule has 4 nitrogen and oxygen atoms in total. The van der Waals surface area contributed by atoms with Gasteiger partial charge in [-0.1, -0.05) is 34.8 Å². The molecule has 0 unspecified atom stereocenters. The largest absolute Gasteiger partial charge is 0.348 e. The Kier molecular flexibility index (Phi) is 5.49. The van der Waals surface area contributed by atoms with Crippen LogP contribution in [0.4, 0.5) is 0 Å². The molecule has 3 rings (SSSR count). The molecule has 0 N–H and O–H groups in total. The van der Waals surface area contributed by atoms with E-state index in [1.807, 2.05) is 10.8 Å². The standard InChI is InChI=1S/C16H17Cl3N2O2/c17-12-8-14(18)13(15(19)9-12)2-3-16(22-6-1-7-23-16)10-21-5-4-20-11-21/h4-5,8-9,11H,1-3,6-7,10H2. The second kappa shape index (κ2) is 7.41. The highest BCUT2D eigenvalue weighted by atomic mass is 35.5. The third kappa shape index (κ3) is 4.20. The van der Waals surface area contributed by atoms with E-state index in [1.54, 1.807) is 24.7 Å². The van der Waals surface area contributed by atoms with Crippen LogP contribution in [0.25, 0.3) is 0 Å². The van der Waals surface area contributed by atoms with Gasteiger partial charge in [0, 0.05) is 33.9 Å². The fourth-order valence-corrected chi connectivity index (χ4v) is 3.72. The summed E-state index contributed by atoms with van der Waals surface area (Å²) in [4.78, 5) is 4.07. The van der Waals surface area contributed by atoms with Crippen LogP contribution in [-0.4, -0.2) is 28.6 Å². The normalized spacial score (nSPS) is 17.3. The van der Waals surface area contributed by atoms with Gasteiger partial charge in [0.1, 0.15) is 0 Å². The molecule has 1 fully saturated rings. The molecule has 0 aliphatic carbocycles. The molecule has 1 aliphatic heterocycles. The van der Waals surface area contributed by atoms with Crippen LogP contribution in [0.15, 0.2) is 30.9 Å². The third-order valence-corrected chi connectivity index (χ3v) is 4.76. The lowest BCUT2D eigenvalue weighted by molar-refractivity contribution is -0.276. The van der Waals surface area contributed by atoms with Crippen LogP contribution in [0.5, 0.6) is 0 Å². The topological polar surface area (TPSA) is 36.3 Å². The van der Waals surface area contributed by atoms with Crippen LogP contribution in [0.2, 0.25) is 15.1 Å². The van der Waals surface area contributed by atoms with E-state index in [1.165, 1.54) is 0 Å². The van der Waals surface area contributed by atoms with Gasteiger partial charge >= 0.3 is 0 Å². The fourth-order valence-electron chi connectivity index (χ4n) is 2.72. The Hall–Kier alpha value is -0.780. The van der Waals surface area contributed by atoms with E-state index < -0.39 is 5.79 Å². The molecule has 0 atom stereocenters. The van der Waals surface area contributed by atoms with Crippen molar-refractivity contribution in [3.8, 4) is 0 Å². The number of rotatable bonds is 5. The molecule has 0 spiro atoms. The summed E-state index contributed by atoms with van der Waals surface area (Å²) in [7, 11) is 0. The molecule has 0 saturated carbocycles. The van der Waals surface area contributed by atoms with Crippen molar-refractivity contribution in [2.45, 2.75) is 31.6 Å². The van der Waals surface area contributed by atoms with Gasteiger partial charge in [-0.25, -0.2) is 4.98 Å². The second-order valence-electron chi connectivity index (χ2n) is 5.54. The Morgan fingerprint density at radius 3 is 2.43 bits per heavy atom. The van der Waals surface area contributed by atoms with Gasteiger partial charge in [-0.3, -0.25) is 0 Å². The predicted octanol–water partition coefficient (Wildman–Crippen LogP) is 4.61. The van der Waals surface area contributed by atoms with E-state index in [4.69, 9.17) is 44.3 Å². The van der Waals surface area contributed by atoms with Crippen LogP contribution >= 0.6 is 34.8 Å². The van der Waals surface area contributed by atoms with Crippen LogP contribution < -0.4 is 0 Å². The third-order valence-electron chi connectivity index (χ3n) is 3.86. The molecular formula is C16H17Cl3N2O2. The molecule has 0 radical (unpaired) electrons. The summed E-state index contributed by atoms with van der Waals surface area (Å²) < 4.78 is 13.9. The van der Waals surface area contributed by atoms with Crippen molar-refractivity contribution in [1.29, 1.82) is 0 Å². The summed E-state index contributed by atoms with van der Waals surface area (Å²) in [5, 5.41) is 1.66. The monoisotopic (exact) mass is 374 g/mol. The van der Waals surface area contributed by atoms with E-state index in [-0.39, 0.29) is 0 Å². The van der Waals surface area contributed by atoms with E-state index >= 15 is 0 Å². The minimum Gasteiger partial charge on any atom is -0.348 e. The van der Waals surface area contributed by atoms with Crippen molar-refractivity contribution in [3.63, 3.8) is 0 Å². The van der Waals surface area contributed by atoms with Crippen molar-refractivity contribution in [2.75, 3.05) is 13.2 Å². The van der Waals surface area contributed by atoms with Crippen LogP contribution in [0.3, 0.4) is 0 Å². The number of ether oxygens (including phenoxy) is 2. The highest BCUT2D eigenvalue weighted by Crippen LogP contribution is 2.33. The first-order valence-corrected chi connectivity index (χ1v) is 8.58. The first kappa shape index (κ1) is 17.1. The first-order chi connectivity index (χ1) is 11.1. The average molecular weight is 376 g/mol. The molecule has 1 aromatic carbocycles. The Bertz CT molecular complexity index is 632. The van der Waals surface area contributed by atoms with Crippen molar-refractivity contribution in [2.24, 2.45) is 0 Å². The summed E-state index contributed by atoms with van der Waals surface area (Å²) >= 11 is 18.5. The first-order valence-electron chi connectivity index (χ1n) is 7.45. The van der Waals surface area contributed by atoms with Crippen molar-refractivity contribution in [1.82, 2.24) is 9.55 Å². The van der Waals surface area contributed by atoms with E-state index in [0.717, 1.165) is 12.0 Å². The van der Waals surface area contributed by atoms with Crippen molar-refractivity contribution in [3.05, 3.63) is 51.5 Å². The number of aromatic nitrogens is 2. The minimum absolute atomic E-state index is 0.530. The number of hydrogen-bond donors (Lipinski definition) is 0. The van der Waals surface area contributed by atoms with Crippen molar-refractivity contribution >= 4 is 34.8 Å². The number of halogens is 3. The highest BCUT2D eigenvalue weighted by molar-refractivity contribution is 6.39. The van der Waals surface area contributed by atoms with Gasteiger partial charge < -0.3 is 14.0 Å². The molecule has 2 heterocycles. The Balaban J connectivity index is 1.77. The van der Waals surface area contributed by atoms with Crippen LogP contribution in [0, 0.1) is 0 Å². The van der Waals surface area contributed by atoms with E-state index in [9.17, 15) is 0 Å². The maximum absolute atomic E-state index is 6.27. The molecule has 7 heteroatoms.